The molecule has 0 aliphatic carbocycles. The van der Waals surface area contributed by atoms with E-state index in [1.807, 2.05) is 24.3 Å². The van der Waals surface area contributed by atoms with Crippen LogP contribution in [0.5, 0.6) is 5.75 Å². The summed E-state index contributed by atoms with van der Waals surface area (Å²) in [5.41, 5.74) is 0.935. The van der Waals surface area contributed by atoms with E-state index in [1.54, 1.807) is 14.0 Å². The number of methoxy groups -OCH3 is 1. The van der Waals surface area contributed by atoms with Crippen molar-refractivity contribution in [3.8, 4) is 5.75 Å². The maximum atomic E-state index is 11.6. The zero-order valence-electron chi connectivity index (χ0n) is 12.1. The zero-order valence-corrected chi connectivity index (χ0v) is 12.1. The minimum atomic E-state index is -0.543. The first-order chi connectivity index (χ1) is 9.58. The van der Waals surface area contributed by atoms with E-state index in [4.69, 9.17) is 9.47 Å². The second kappa shape index (κ2) is 8.32. The van der Waals surface area contributed by atoms with Crippen LogP contribution in [0.4, 0.5) is 0 Å². The van der Waals surface area contributed by atoms with Crippen LogP contribution in [0.1, 0.15) is 25.8 Å². The Morgan fingerprint density at radius 3 is 2.60 bits per heavy atom. The number of ketones is 1. The summed E-state index contributed by atoms with van der Waals surface area (Å²) in [6, 6.07) is 6.99. The molecule has 0 amide bonds. The Morgan fingerprint density at radius 1 is 1.30 bits per heavy atom. The predicted molar refractivity (Wildman–Crippen MR) is 75.6 cm³/mol. The van der Waals surface area contributed by atoms with E-state index in [1.165, 1.54) is 6.92 Å². The highest BCUT2D eigenvalue weighted by Gasteiger charge is 2.19. The first-order valence-electron chi connectivity index (χ1n) is 6.59. The molecule has 1 aromatic rings. The number of carbonyl (C=O) groups is 2. The highest BCUT2D eigenvalue weighted by Crippen LogP contribution is 2.17. The van der Waals surface area contributed by atoms with Crippen LogP contribution in [0, 0.1) is 0 Å². The van der Waals surface area contributed by atoms with E-state index < -0.39 is 6.04 Å². The second-order valence-corrected chi connectivity index (χ2v) is 4.37. The van der Waals surface area contributed by atoms with Gasteiger partial charge in [0.1, 0.15) is 11.5 Å². The third-order valence-corrected chi connectivity index (χ3v) is 2.90. The lowest BCUT2D eigenvalue weighted by Crippen LogP contribution is -2.37. The Bertz CT molecular complexity index is 459. The summed E-state index contributed by atoms with van der Waals surface area (Å²) in [6.07, 6.45) is 0.0400. The van der Waals surface area contributed by atoms with Gasteiger partial charge in [-0.15, -0.1) is 0 Å². The molecule has 1 atom stereocenters. The van der Waals surface area contributed by atoms with E-state index in [9.17, 15) is 9.59 Å². The van der Waals surface area contributed by atoms with Crippen molar-refractivity contribution in [2.45, 2.75) is 32.9 Å². The number of para-hydroxylation sites is 1. The van der Waals surface area contributed by atoms with Gasteiger partial charge in [0.25, 0.3) is 0 Å². The summed E-state index contributed by atoms with van der Waals surface area (Å²) in [7, 11) is 1.60. The highest BCUT2D eigenvalue weighted by atomic mass is 16.5. The first kappa shape index (κ1) is 16.2. The SMILES string of the molecule is CCOC(=O)CC(NCc1ccccc1OC)C(C)=O. The molecule has 0 fully saturated rings. The Labute approximate surface area is 119 Å². The van der Waals surface area contributed by atoms with Gasteiger partial charge in [-0.05, 0) is 19.9 Å². The van der Waals surface area contributed by atoms with E-state index in [2.05, 4.69) is 5.32 Å². The Morgan fingerprint density at radius 2 is 2.00 bits per heavy atom. The number of benzene rings is 1. The number of rotatable bonds is 8. The summed E-state index contributed by atoms with van der Waals surface area (Å²) >= 11 is 0. The third kappa shape index (κ3) is 5.01. The predicted octanol–water partition coefficient (Wildman–Crippen LogP) is 1.70. The van der Waals surface area contributed by atoms with Crippen molar-refractivity contribution in [2.75, 3.05) is 13.7 Å². The molecule has 0 aliphatic rings. The number of Topliss-reactive ketones (excluding diaryl/α,β-unsaturated/α-hetero) is 1. The highest BCUT2D eigenvalue weighted by molar-refractivity contribution is 5.86. The summed E-state index contributed by atoms with van der Waals surface area (Å²) in [5, 5.41) is 3.07. The van der Waals surface area contributed by atoms with E-state index in [0.29, 0.717) is 13.2 Å². The molecule has 0 radical (unpaired) electrons. The number of ether oxygens (including phenoxy) is 2. The number of esters is 1. The molecule has 5 heteroatoms. The molecule has 0 bridgehead atoms. The van der Waals surface area contributed by atoms with Gasteiger partial charge >= 0.3 is 5.97 Å². The molecule has 0 aliphatic heterocycles. The molecule has 0 spiro atoms. The van der Waals surface area contributed by atoms with Gasteiger partial charge < -0.3 is 14.8 Å². The maximum Gasteiger partial charge on any atom is 0.307 e. The normalized spacial score (nSPS) is 11.8. The van der Waals surface area contributed by atoms with E-state index in [0.717, 1.165) is 11.3 Å². The minimum Gasteiger partial charge on any atom is -0.496 e. The summed E-state index contributed by atoms with van der Waals surface area (Å²) < 4.78 is 10.1. The topological polar surface area (TPSA) is 64.6 Å². The van der Waals surface area contributed by atoms with Crippen LogP contribution in [-0.2, 0) is 20.9 Å². The molecule has 110 valence electrons. The monoisotopic (exact) mass is 279 g/mol. The van der Waals surface area contributed by atoms with Crippen LogP contribution < -0.4 is 10.1 Å². The second-order valence-electron chi connectivity index (χ2n) is 4.37. The van der Waals surface area contributed by atoms with E-state index in [-0.39, 0.29) is 18.2 Å². The fourth-order valence-corrected chi connectivity index (χ4v) is 1.83. The molecule has 1 N–H and O–H groups in total. The van der Waals surface area contributed by atoms with Crippen molar-refractivity contribution in [1.29, 1.82) is 0 Å². The Balaban J connectivity index is 2.63. The summed E-state index contributed by atoms with van der Waals surface area (Å²) in [6.45, 7) is 3.96. The smallest absolute Gasteiger partial charge is 0.307 e. The fraction of sp³-hybridized carbons (Fsp3) is 0.467. The zero-order chi connectivity index (χ0) is 15.0. The van der Waals surface area contributed by atoms with Crippen molar-refractivity contribution < 1.29 is 19.1 Å². The molecular weight excluding hydrogens is 258 g/mol. The first-order valence-corrected chi connectivity index (χ1v) is 6.59. The molecule has 0 heterocycles. The molecule has 1 aromatic carbocycles. The van der Waals surface area contributed by atoms with Gasteiger partial charge in [-0.25, -0.2) is 0 Å². The number of nitrogens with one attached hydrogen (secondary N) is 1. The quantitative estimate of drug-likeness (QED) is 0.734. The fourth-order valence-electron chi connectivity index (χ4n) is 1.83. The summed E-state index contributed by atoms with van der Waals surface area (Å²) in [5.74, 6) is 0.284. The van der Waals surface area contributed by atoms with Crippen molar-refractivity contribution in [3.63, 3.8) is 0 Å². The van der Waals surface area contributed by atoms with Gasteiger partial charge in [0, 0.05) is 12.1 Å². The molecule has 0 saturated carbocycles. The Kier molecular flexibility index (Phi) is 6.73. The molecule has 20 heavy (non-hydrogen) atoms. The summed E-state index contributed by atoms with van der Waals surface area (Å²) in [4.78, 5) is 23.0. The van der Waals surface area contributed by atoms with Gasteiger partial charge in [-0.2, -0.15) is 0 Å². The minimum absolute atomic E-state index is 0.0400. The number of carbonyl (C=O) groups excluding carboxylic acids is 2. The van der Waals surface area contributed by atoms with Gasteiger partial charge in [0.15, 0.2) is 0 Å². The van der Waals surface area contributed by atoms with Crippen LogP contribution >= 0.6 is 0 Å². The van der Waals surface area contributed by atoms with Crippen LogP contribution in [0.2, 0.25) is 0 Å². The number of hydrogen-bond acceptors (Lipinski definition) is 5. The Hall–Kier alpha value is -1.88. The van der Waals surface area contributed by atoms with Crippen LogP contribution in [0.15, 0.2) is 24.3 Å². The maximum absolute atomic E-state index is 11.6. The van der Waals surface area contributed by atoms with Gasteiger partial charge in [-0.1, -0.05) is 18.2 Å². The van der Waals surface area contributed by atoms with Crippen molar-refractivity contribution in [1.82, 2.24) is 5.32 Å². The average Bonchev–Trinajstić information content (AvgIpc) is 2.43. The van der Waals surface area contributed by atoms with Gasteiger partial charge in [0.05, 0.1) is 26.2 Å². The van der Waals surface area contributed by atoms with Crippen molar-refractivity contribution >= 4 is 11.8 Å². The molecule has 1 rings (SSSR count). The standard InChI is InChI=1S/C15H21NO4/c1-4-20-15(18)9-13(11(2)17)16-10-12-7-5-6-8-14(12)19-3/h5-8,13,16H,4,9-10H2,1-3H3. The van der Waals surface area contributed by atoms with Gasteiger partial charge in [0.2, 0.25) is 0 Å². The lowest BCUT2D eigenvalue weighted by Gasteiger charge is -2.16. The lowest BCUT2D eigenvalue weighted by atomic mass is 10.1. The molecule has 5 nitrogen and oxygen atoms in total. The largest absolute Gasteiger partial charge is 0.496 e. The molecule has 0 saturated heterocycles. The molecular formula is C15H21NO4. The number of hydrogen-bond donors (Lipinski definition) is 1. The average molecular weight is 279 g/mol. The van der Waals surface area contributed by atoms with Crippen molar-refractivity contribution in [2.24, 2.45) is 0 Å². The molecule has 0 aromatic heterocycles. The van der Waals surface area contributed by atoms with Crippen LogP contribution in [0.3, 0.4) is 0 Å². The van der Waals surface area contributed by atoms with Gasteiger partial charge in [-0.3, -0.25) is 9.59 Å². The van der Waals surface area contributed by atoms with E-state index >= 15 is 0 Å². The van der Waals surface area contributed by atoms with Crippen LogP contribution in [-0.4, -0.2) is 31.5 Å². The van der Waals surface area contributed by atoms with Crippen molar-refractivity contribution in [3.05, 3.63) is 29.8 Å². The van der Waals surface area contributed by atoms with Crippen LogP contribution in [0.25, 0.3) is 0 Å². The molecule has 1 unspecified atom stereocenters. The lowest BCUT2D eigenvalue weighted by molar-refractivity contribution is -0.145. The third-order valence-electron chi connectivity index (χ3n) is 2.90.